The summed E-state index contributed by atoms with van der Waals surface area (Å²) in [5.41, 5.74) is 1.62. The van der Waals surface area contributed by atoms with Gasteiger partial charge in [-0.1, -0.05) is 39.8 Å². The molecule has 0 aliphatic heterocycles. The molecule has 1 aromatic carbocycles. The molecule has 2 heteroatoms. The largest absolute Gasteiger partial charge is 0.508 e. The van der Waals surface area contributed by atoms with E-state index in [1.165, 1.54) is 5.56 Å². The van der Waals surface area contributed by atoms with Crippen molar-refractivity contribution in [3.8, 4) is 5.75 Å². The number of benzene rings is 1. The summed E-state index contributed by atoms with van der Waals surface area (Å²) in [6.07, 6.45) is 3.35. The Morgan fingerprint density at radius 1 is 1.17 bits per heavy atom. The predicted octanol–water partition coefficient (Wildman–Crippen LogP) is 3.74. The summed E-state index contributed by atoms with van der Waals surface area (Å²) in [6.45, 7) is 10.1. The third kappa shape index (κ3) is 6.06. The highest BCUT2D eigenvalue weighted by molar-refractivity contribution is 5.26. The van der Waals surface area contributed by atoms with Crippen molar-refractivity contribution in [2.45, 2.75) is 53.0 Å². The molecule has 0 saturated carbocycles. The van der Waals surface area contributed by atoms with Crippen molar-refractivity contribution in [3.05, 3.63) is 29.8 Å². The van der Waals surface area contributed by atoms with Crippen LogP contribution in [0.5, 0.6) is 5.75 Å². The maximum Gasteiger partial charge on any atom is 0.115 e. The van der Waals surface area contributed by atoms with Crippen LogP contribution in [0.3, 0.4) is 0 Å². The van der Waals surface area contributed by atoms with Gasteiger partial charge in [-0.2, -0.15) is 0 Å². The Morgan fingerprint density at radius 2 is 1.78 bits per heavy atom. The van der Waals surface area contributed by atoms with E-state index in [4.69, 9.17) is 0 Å². The van der Waals surface area contributed by atoms with Crippen LogP contribution in [0.2, 0.25) is 0 Å². The molecular weight excluding hydrogens is 222 g/mol. The molecule has 0 fully saturated rings. The van der Waals surface area contributed by atoms with Gasteiger partial charge in [-0.05, 0) is 48.9 Å². The predicted molar refractivity (Wildman–Crippen MR) is 78.0 cm³/mol. The van der Waals surface area contributed by atoms with Gasteiger partial charge in [0.1, 0.15) is 5.75 Å². The monoisotopic (exact) mass is 249 g/mol. The molecule has 1 atom stereocenters. The standard InChI is InChI=1S/C16H27NO/c1-5-10-17-14(12-16(2,3)4)11-13-6-8-15(18)9-7-13/h6-9,14,17-18H,5,10-12H2,1-4H3. The highest BCUT2D eigenvalue weighted by Crippen LogP contribution is 2.23. The van der Waals surface area contributed by atoms with Crippen LogP contribution in [0, 0.1) is 5.41 Å². The normalized spacial score (nSPS) is 13.6. The second-order valence-corrected chi connectivity index (χ2v) is 6.29. The summed E-state index contributed by atoms with van der Waals surface area (Å²) >= 11 is 0. The molecular formula is C16H27NO. The van der Waals surface area contributed by atoms with Crippen LogP contribution in [0.1, 0.15) is 46.1 Å². The molecule has 0 amide bonds. The summed E-state index contributed by atoms with van der Waals surface area (Å²) in [6, 6.07) is 8.07. The molecule has 0 aliphatic rings. The van der Waals surface area contributed by atoms with Crippen molar-refractivity contribution in [3.63, 3.8) is 0 Å². The number of nitrogens with one attached hydrogen (secondary N) is 1. The van der Waals surface area contributed by atoms with Gasteiger partial charge >= 0.3 is 0 Å². The van der Waals surface area contributed by atoms with E-state index >= 15 is 0 Å². The molecule has 1 unspecified atom stereocenters. The summed E-state index contributed by atoms with van der Waals surface area (Å²) in [5, 5.41) is 12.9. The average molecular weight is 249 g/mol. The minimum Gasteiger partial charge on any atom is -0.508 e. The molecule has 18 heavy (non-hydrogen) atoms. The maximum absolute atomic E-state index is 9.30. The van der Waals surface area contributed by atoms with E-state index in [0.717, 1.165) is 25.8 Å². The lowest BCUT2D eigenvalue weighted by atomic mass is 9.86. The molecule has 0 saturated heterocycles. The molecule has 1 aromatic rings. The van der Waals surface area contributed by atoms with Crippen molar-refractivity contribution in [2.75, 3.05) is 6.54 Å². The number of phenols is 1. The van der Waals surface area contributed by atoms with Crippen molar-refractivity contribution < 1.29 is 5.11 Å². The third-order valence-corrected chi connectivity index (χ3v) is 2.96. The van der Waals surface area contributed by atoms with Gasteiger partial charge in [0.15, 0.2) is 0 Å². The second-order valence-electron chi connectivity index (χ2n) is 6.29. The Bertz CT molecular complexity index is 337. The van der Waals surface area contributed by atoms with E-state index in [9.17, 15) is 5.11 Å². The van der Waals surface area contributed by atoms with Crippen LogP contribution in [0.15, 0.2) is 24.3 Å². The van der Waals surface area contributed by atoms with Gasteiger partial charge in [-0.25, -0.2) is 0 Å². The summed E-state index contributed by atoms with van der Waals surface area (Å²) in [7, 11) is 0. The lowest BCUT2D eigenvalue weighted by Gasteiger charge is -2.27. The molecule has 0 aliphatic carbocycles. The maximum atomic E-state index is 9.30. The van der Waals surface area contributed by atoms with E-state index in [2.05, 4.69) is 33.0 Å². The van der Waals surface area contributed by atoms with Crippen LogP contribution >= 0.6 is 0 Å². The molecule has 102 valence electrons. The van der Waals surface area contributed by atoms with Gasteiger partial charge in [0.05, 0.1) is 0 Å². The lowest BCUT2D eigenvalue weighted by Crippen LogP contribution is -2.35. The average Bonchev–Trinajstić information content (AvgIpc) is 2.27. The Hall–Kier alpha value is -1.02. The molecule has 2 nitrogen and oxygen atoms in total. The van der Waals surface area contributed by atoms with Gasteiger partial charge in [0.2, 0.25) is 0 Å². The molecule has 0 spiro atoms. The van der Waals surface area contributed by atoms with Crippen molar-refractivity contribution in [1.82, 2.24) is 5.32 Å². The van der Waals surface area contributed by atoms with Gasteiger partial charge < -0.3 is 10.4 Å². The van der Waals surface area contributed by atoms with E-state index in [1.54, 1.807) is 12.1 Å². The first-order valence-electron chi connectivity index (χ1n) is 6.92. The number of hydrogen-bond donors (Lipinski definition) is 2. The Morgan fingerprint density at radius 3 is 2.28 bits per heavy atom. The van der Waals surface area contributed by atoms with Gasteiger partial charge in [0, 0.05) is 6.04 Å². The molecule has 0 aromatic heterocycles. The second kappa shape index (κ2) is 6.79. The third-order valence-electron chi connectivity index (χ3n) is 2.96. The zero-order valence-corrected chi connectivity index (χ0v) is 12.2. The zero-order valence-electron chi connectivity index (χ0n) is 12.2. The van der Waals surface area contributed by atoms with Crippen LogP contribution in [0.4, 0.5) is 0 Å². The van der Waals surface area contributed by atoms with Crippen molar-refractivity contribution in [1.29, 1.82) is 0 Å². The van der Waals surface area contributed by atoms with E-state index in [0.29, 0.717) is 17.2 Å². The number of rotatable bonds is 6. The zero-order chi connectivity index (χ0) is 13.6. The highest BCUT2D eigenvalue weighted by Gasteiger charge is 2.18. The van der Waals surface area contributed by atoms with E-state index in [1.807, 2.05) is 12.1 Å². The first-order valence-corrected chi connectivity index (χ1v) is 6.92. The van der Waals surface area contributed by atoms with Crippen LogP contribution in [0.25, 0.3) is 0 Å². The van der Waals surface area contributed by atoms with Gasteiger partial charge in [0.25, 0.3) is 0 Å². The van der Waals surface area contributed by atoms with E-state index < -0.39 is 0 Å². The minimum absolute atomic E-state index is 0.336. The van der Waals surface area contributed by atoms with Crippen molar-refractivity contribution in [2.24, 2.45) is 5.41 Å². The van der Waals surface area contributed by atoms with Gasteiger partial charge in [-0.15, -0.1) is 0 Å². The summed E-state index contributed by atoms with van der Waals surface area (Å²) in [4.78, 5) is 0. The first-order chi connectivity index (χ1) is 8.40. The molecule has 0 bridgehead atoms. The Labute approximate surface area is 111 Å². The first kappa shape index (κ1) is 15.0. The quantitative estimate of drug-likeness (QED) is 0.805. The summed E-state index contributed by atoms with van der Waals surface area (Å²) in [5.74, 6) is 0.340. The molecule has 0 heterocycles. The number of aromatic hydroxyl groups is 1. The van der Waals surface area contributed by atoms with Crippen LogP contribution in [-0.2, 0) is 6.42 Å². The van der Waals surface area contributed by atoms with Crippen LogP contribution in [-0.4, -0.2) is 17.7 Å². The van der Waals surface area contributed by atoms with Crippen LogP contribution < -0.4 is 5.32 Å². The SMILES string of the molecule is CCCNC(Cc1ccc(O)cc1)CC(C)(C)C. The minimum atomic E-state index is 0.336. The molecule has 0 radical (unpaired) electrons. The topological polar surface area (TPSA) is 32.3 Å². The number of hydrogen-bond acceptors (Lipinski definition) is 2. The molecule has 1 rings (SSSR count). The summed E-state index contributed by atoms with van der Waals surface area (Å²) < 4.78 is 0. The smallest absolute Gasteiger partial charge is 0.115 e. The fourth-order valence-electron chi connectivity index (χ4n) is 2.22. The van der Waals surface area contributed by atoms with Crippen molar-refractivity contribution >= 4 is 0 Å². The highest BCUT2D eigenvalue weighted by atomic mass is 16.3. The number of phenolic OH excluding ortho intramolecular Hbond substituents is 1. The fraction of sp³-hybridized carbons (Fsp3) is 0.625. The fourth-order valence-corrected chi connectivity index (χ4v) is 2.22. The Kier molecular flexibility index (Phi) is 5.67. The Balaban J connectivity index is 2.62. The lowest BCUT2D eigenvalue weighted by molar-refractivity contribution is 0.306. The van der Waals surface area contributed by atoms with Gasteiger partial charge in [-0.3, -0.25) is 0 Å². The van der Waals surface area contributed by atoms with E-state index in [-0.39, 0.29) is 0 Å². The molecule has 2 N–H and O–H groups in total.